The minimum Gasteiger partial charge on any atom is -0.481 e. The molecule has 1 aromatic carbocycles. The fourth-order valence-electron chi connectivity index (χ4n) is 2.63. The molecule has 0 bridgehead atoms. The lowest BCUT2D eigenvalue weighted by atomic mass is 9.76. The zero-order valence-corrected chi connectivity index (χ0v) is 12.8. The van der Waals surface area contributed by atoms with Gasteiger partial charge in [-0.25, -0.2) is 0 Å². The molecule has 0 saturated carbocycles. The van der Waals surface area contributed by atoms with Crippen molar-refractivity contribution in [1.29, 1.82) is 0 Å². The van der Waals surface area contributed by atoms with E-state index in [2.05, 4.69) is 5.32 Å². The standard InChI is InChI=1S/C16H18ClNO3/c1-9-6-13(14(16(20)21)7-10(9)2)15(19)18-12-5-3-4-11(17)8-12/h3-5,8,13-14H,6-7H2,1-2H3,(H,18,19)(H,20,21)/t13-,14-/m1/s1. The van der Waals surface area contributed by atoms with E-state index in [9.17, 15) is 14.7 Å². The molecular weight excluding hydrogens is 290 g/mol. The number of allylic oxidation sites excluding steroid dienone is 2. The van der Waals surface area contributed by atoms with Crippen LogP contribution < -0.4 is 5.32 Å². The van der Waals surface area contributed by atoms with E-state index >= 15 is 0 Å². The zero-order chi connectivity index (χ0) is 15.6. The number of rotatable bonds is 3. The van der Waals surface area contributed by atoms with Crippen LogP contribution in [0.1, 0.15) is 26.7 Å². The molecule has 5 heteroatoms. The highest BCUT2D eigenvalue weighted by Crippen LogP contribution is 2.35. The summed E-state index contributed by atoms with van der Waals surface area (Å²) in [6.45, 7) is 3.88. The van der Waals surface area contributed by atoms with Crippen molar-refractivity contribution in [2.45, 2.75) is 26.7 Å². The normalized spacial score (nSPS) is 22.0. The fraction of sp³-hybridized carbons (Fsp3) is 0.375. The fourth-order valence-corrected chi connectivity index (χ4v) is 2.82. The van der Waals surface area contributed by atoms with Crippen molar-refractivity contribution in [2.75, 3.05) is 5.32 Å². The van der Waals surface area contributed by atoms with Gasteiger partial charge in [0.25, 0.3) is 0 Å². The van der Waals surface area contributed by atoms with E-state index in [4.69, 9.17) is 11.6 Å². The summed E-state index contributed by atoms with van der Waals surface area (Å²) in [5, 5.41) is 12.6. The number of carbonyl (C=O) groups excluding carboxylic acids is 1. The maximum absolute atomic E-state index is 12.4. The number of carboxylic acid groups (broad SMARTS) is 1. The monoisotopic (exact) mass is 307 g/mol. The van der Waals surface area contributed by atoms with Crippen LogP contribution in [0.15, 0.2) is 35.4 Å². The zero-order valence-electron chi connectivity index (χ0n) is 12.0. The number of nitrogens with one attached hydrogen (secondary N) is 1. The van der Waals surface area contributed by atoms with Gasteiger partial charge in [-0.2, -0.15) is 0 Å². The number of carboxylic acids is 1. The third-order valence-corrected chi connectivity index (χ3v) is 4.25. The predicted molar refractivity (Wildman–Crippen MR) is 82.3 cm³/mol. The number of aliphatic carboxylic acids is 1. The molecule has 0 fully saturated rings. The number of hydrogen-bond donors (Lipinski definition) is 2. The number of carbonyl (C=O) groups is 2. The quantitative estimate of drug-likeness (QED) is 0.836. The van der Waals surface area contributed by atoms with Crippen LogP contribution in [0.25, 0.3) is 0 Å². The van der Waals surface area contributed by atoms with E-state index in [-0.39, 0.29) is 5.91 Å². The molecule has 4 nitrogen and oxygen atoms in total. The topological polar surface area (TPSA) is 66.4 Å². The highest BCUT2D eigenvalue weighted by molar-refractivity contribution is 6.30. The Kier molecular flexibility index (Phi) is 4.68. The van der Waals surface area contributed by atoms with E-state index in [1.54, 1.807) is 24.3 Å². The predicted octanol–water partition coefficient (Wildman–Crippen LogP) is 3.73. The maximum Gasteiger partial charge on any atom is 0.307 e. The van der Waals surface area contributed by atoms with Crippen molar-refractivity contribution < 1.29 is 14.7 Å². The van der Waals surface area contributed by atoms with Crippen molar-refractivity contribution in [3.63, 3.8) is 0 Å². The van der Waals surface area contributed by atoms with Gasteiger partial charge in [-0.3, -0.25) is 9.59 Å². The van der Waals surface area contributed by atoms with Crippen LogP contribution in [0.4, 0.5) is 5.69 Å². The summed E-state index contributed by atoms with van der Waals surface area (Å²) in [5.74, 6) is -2.41. The summed E-state index contributed by atoms with van der Waals surface area (Å²) >= 11 is 5.88. The first-order valence-corrected chi connectivity index (χ1v) is 7.20. The van der Waals surface area contributed by atoms with Gasteiger partial charge < -0.3 is 10.4 Å². The lowest BCUT2D eigenvalue weighted by Crippen LogP contribution is -2.36. The molecule has 1 aliphatic carbocycles. The van der Waals surface area contributed by atoms with Gasteiger partial charge in [0.1, 0.15) is 0 Å². The summed E-state index contributed by atoms with van der Waals surface area (Å²) < 4.78 is 0. The largest absolute Gasteiger partial charge is 0.481 e. The molecule has 1 aromatic rings. The summed E-state index contributed by atoms with van der Waals surface area (Å²) in [6.07, 6.45) is 0.907. The molecule has 0 aliphatic heterocycles. The second kappa shape index (κ2) is 6.31. The number of amides is 1. The van der Waals surface area contributed by atoms with E-state index in [0.29, 0.717) is 23.6 Å². The molecule has 2 rings (SSSR count). The van der Waals surface area contributed by atoms with Crippen molar-refractivity contribution in [2.24, 2.45) is 11.8 Å². The van der Waals surface area contributed by atoms with Gasteiger partial charge in [0.2, 0.25) is 5.91 Å². The van der Waals surface area contributed by atoms with Crippen LogP contribution in [0.3, 0.4) is 0 Å². The van der Waals surface area contributed by atoms with Gasteiger partial charge in [-0.05, 0) is 44.9 Å². The van der Waals surface area contributed by atoms with E-state index < -0.39 is 17.8 Å². The Morgan fingerprint density at radius 3 is 2.38 bits per heavy atom. The second-order valence-electron chi connectivity index (χ2n) is 5.52. The molecule has 0 spiro atoms. The Morgan fingerprint density at radius 2 is 1.81 bits per heavy atom. The van der Waals surface area contributed by atoms with Crippen LogP contribution in [0.5, 0.6) is 0 Å². The molecule has 0 aromatic heterocycles. The second-order valence-corrected chi connectivity index (χ2v) is 5.96. The van der Waals surface area contributed by atoms with E-state index in [1.165, 1.54) is 0 Å². The van der Waals surface area contributed by atoms with Gasteiger partial charge in [-0.1, -0.05) is 28.8 Å². The average Bonchev–Trinajstić information content (AvgIpc) is 2.41. The molecule has 0 saturated heterocycles. The maximum atomic E-state index is 12.4. The van der Waals surface area contributed by atoms with Gasteiger partial charge in [0.05, 0.1) is 11.8 Å². The van der Waals surface area contributed by atoms with Crippen LogP contribution in [-0.4, -0.2) is 17.0 Å². The third-order valence-electron chi connectivity index (χ3n) is 4.01. The van der Waals surface area contributed by atoms with Crippen molar-refractivity contribution >= 4 is 29.2 Å². The molecular formula is C16H18ClNO3. The number of benzene rings is 1. The van der Waals surface area contributed by atoms with Gasteiger partial charge in [0, 0.05) is 10.7 Å². The minimum atomic E-state index is -0.923. The van der Waals surface area contributed by atoms with Crippen molar-refractivity contribution in [3.8, 4) is 0 Å². The Morgan fingerprint density at radius 1 is 1.19 bits per heavy atom. The van der Waals surface area contributed by atoms with Crippen molar-refractivity contribution in [3.05, 3.63) is 40.4 Å². The highest BCUT2D eigenvalue weighted by Gasteiger charge is 2.37. The first-order valence-electron chi connectivity index (χ1n) is 6.83. The Hall–Kier alpha value is -1.81. The summed E-state index contributed by atoms with van der Waals surface area (Å²) in [7, 11) is 0. The van der Waals surface area contributed by atoms with Crippen molar-refractivity contribution in [1.82, 2.24) is 0 Å². The number of hydrogen-bond acceptors (Lipinski definition) is 2. The molecule has 2 N–H and O–H groups in total. The molecule has 0 unspecified atom stereocenters. The first kappa shape index (κ1) is 15.6. The first-order chi connectivity index (χ1) is 9.88. The molecule has 2 atom stereocenters. The summed E-state index contributed by atoms with van der Waals surface area (Å²) in [6, 6.07) is 6.83. The molecule has 0 heterocycles. The molecule has 112 valence electrons. The molecule has 21 heavy (non-hydrogen) atoms. The Labute approximate surface area is 128 Å². The van der Waals surface area contributed by atoms with Crippen LogP contribution in [-0.2, 0) is 9.59 Å². The van der Waals surface area contributed by atoms with E-state index in [0.717, 1.165) is 11.1 Å². The molecule has 1 aliphatic rings. The van der Waals surface area contributed by atoms with Crippen LogP contribution >= 0.6 is 11.6 Å². The summed E-state index contributed by atoms with van der Waals surface area (Å²) in [5.41, 5.74) is 2.74. The van der Waals surface area contributed by atoms with E-state index in [1.807, 2.05) is 13.8 Å². The van der Waals surface area contributed by atoms with Crippen LogP contribution in [0, 0.1) is 11.8 Å². The lowest BCUT2D eigenvalue weighted by molar-refractivity contribution is -0.146. The Balaban J connectivity index is 2.18. The Bertz CT molecular complexity index is 609. The van der Waals surface area contributed by atoms with Gasteiger partial charge in [-0.15, -0.1) is 0 Å². The van der Waals surface area contributed by atoms with Crippen LogP contribution in [0.2, 0.25) is 5.02 Å². The highest BCUT2D eigenvalue weighted by atomic mass is 35.5. The third kappa shape index (κ3) is 3.64. The molecule has 0 radical (unpaired) electrons. The number of anilines is 1. The minimum absolute atomic E-state index is 0.267. The lowest BCUT2D eigenvalue weighted by Gasteiger charge is -2.29. The van der Waals surface area contributed by atoms with Gasteiger partial charge >= 0.3 is 5.97 Å². The number of halogens is 1. The smallest absolute Gasteiger partial charge is 0.307 e. The van der Waals surface area contributed by atoms with Gasteiger partial charge in [0.15, 0.2) is 0 Å². The SMILES string of the molecule is CC1=C(C)C[C@@H](C(=O)Nc2cccc(Cl)c2)[C@H](C(=O)O)C1. The summed E-state index contributed by atoms with van der Waals surface area (Å²) in [4.78, 5) is 23.8. The molecule has 1 amide bonds. The average molecular weight is 308 g/mol.